The minimum absolute atomic E-state index is 0.0583. The Kier molecular flexibility index (Phi) is 6.02. The van der Waals surface area contributed by atoms with Crippen molar-refractivity contribution in [2.45, 2.75) is 25.3 Å². The molecule has 0 aromatic carbocycles. The molecule has 0 unspecified atom stereocenters. The van der Waals surface area contributed by atoms with Gasteiger partial charge >= 0.3 is 0 Å². The Bertz CT molecular complexity index is 694. The predicted octanol–water partition coefficient (Wildman–Crippen LogP) is 1.16. The number of hydrogen-bond donors (Lipinski definition) is 2. The van der Waals surface area contributed by atoms with Gasteiger partial charge in [0.15, 0.2) is 5.13 Å². The van der Waals surface area contributed by atoms with E-state index in [2.05, 4.69) is 30.5 Å². The van der Waals surface area contributed by atoms with Gasteiger partial charge in [0.05, 0.1) is 12.7 Å². The number of amides is 2. The molecule has 1 saturated heterocycles. The lowest BCUT2D eigenvalue weighted by Crippen LogP contribution is -2.37. The minimum atomic E-state index is -0.201. The van der Waals surface area contributed by atoms with Crippen molar-refractivity contribution in [3.8, 4) is 0 Å². The summed E-state index contributed by atoms with van der Waals surface area (Å²) in [4.78, 5) is 38.3. The van der Waals surface area contributed by atoms with Crippen LogP contribution < -0.4 is 10.6 Å². The zero-order valence-electron chi connectivity index (χ0n) is 13.7. The molecule has 0 radical (unpaired) electrons. The van der Waals surface area contributed by atoms with Gasteiger partial charge in [-0.2, -0.15) is 0 Å². The second kappa shape index (κ2) is 8.63. The quantitative estimate of drug-likeness (QED) is 0.830. The summed E-state index contributed by atoms with van der Waals surface area (Å²) in [7, 11) is 0. The highest BCUT2D eigenvalue weighted by atomic mass is 32.1. The van der Waals surface area contributed by atoms with E-state index in [-0.39, 0.29) is 17.9 Å². The Balaban J connectivity index is 1.45. The van der Waals surface area contributed by atoms with Crippen molar-refractivity contribution in [3.63, 3.8) is 0 Å². The molecule has 1 aliphatic rings. The lowest BCUT2D eigenvalue weighted by molar-refractivity contribution is -0.117. The number of hydrogen-bond acceptors (Lipinski definition) is 7. The van der Waals surface area contributed by atoms with Crippen molar-refractivity contribution in [1.29, 1.82) is 0 Å². The number of carbonyl (C=O) groups is 2. The summed E-state index contributed by atoms with van der Waals surface area (Å²) in [5.41, 5.74) is 0.325. The highest BCUT2D eigenvalue weighted by Gasteiger charge is 2.21. The van der Waals surface area contributed by atoms with Crippen LogP contribution in [-0.2, 0) is 4.79 Å². The third-order valence-electron chi connectivity index (χ3n) is 4.00. The van der Waals surface area contributed by atoms with E-state index < -0.39 is 0 Å². The van der Waals surface area contributed by atoms with Gasteiger partial charge in [0.25, 0.3) is 5.91 Å². The van der Waals surface area contributed by atoms with Gasteiger partial charge < -0.3 is 10.6 Å². The maximum Gasteiger partial charge on any atom is 0.271 e. The van der Waals surface area contributed by atoms with Crippen LogP contribution in [0.2, 0.25) is 0 Å². The molecule has 2 amide bonds. The van der Waals surface area contributed by atoms with E-state index in [9.17, 15) is 9.59 Å². The molecule has 0 aliphatic carbocycles. The number of thiazole rings is 1. The first kappa shape index (κ1) is 17.4. The van der Waals surface area contributed by atoms with Crippen molar-refractivity contribution < 1.29 is 9.59 Å². The second-order valence-electron chi connectivity index (χ2n) is 5.85. The van der Waals surface area contributed by atoms with Gasteiger partial charge in [-0.1, -0.05) is 0 Å². The summed E-state index contributed by atoms with van der Waals surface area (Å²) in [5, 5.41) is 8.25. The average Bonchev–Trinajstić information content (AvgIpc) is 3.03. The minimum Gasteiger partial charge on any atom is -0.348 e. The Hall–Kier alpha value is -2.39. The van der Waals surface area contributed by atoms with Crippen LogP contribution in [0.3, 0.4) is 0 Å². The fraction of sp³-hybridized carbons (Fsp3) is 0.438. The fourth-order valence-electron chi connectivity index (χ4n) is 2.78. The van der Waals surface area contributed by atoms with E-state index in [1.54, 1.807) is 6.20 Å². The first-order chi connectivity index (χ1) is 12.2. The normalized spacial score (nSPS) is 18.3. The van der Waals surface area contributed by atoms with Crippen molar-refractivity contribution in [3.05, 3.63) is 35.9 Å². The van der Waals surface area contributed by atoms with Gasteiger partial charge in [-0.25, -0.2) is 9.97 Å². The molecule has 0 spiro atoms. The molecule has 3 rings (SSSR count). The van der Waals surface area contributed by atoms with E-state index >= 15 is 0 Å². The standard InChI is InChI=1S/C16H20N6O2S/c23-14(21-16-19-6-9-25-16)11-22-7-1-2-12(3-8-22)20-15(24)13-10-17-4-5-18-13/h4-6,9-10,12H,1-3,7-8,11H2,(H,20,24)(H,19,21,23)/t12-/m1/s1. The van der Waals surface area contributed by atoms with Crippen LogP contribution in [0.1, 0.15) is 29.8 Å². The number of anilines is 1. The molecule has 2 aromatic heterocycles. The van der Waals surface area contributed by atoms with Gasteiger partial charge in [-0.05, 0) is 25.8 Å². The molecule has 8 nitrogen and oxygen atoms in total. The molecule has 1 atom stereocenters. The first-order valence-electron chi connectivity index (χ1n) is 8.19. The number of carbonyl (C=O) groups excluding carboxylic acids is 2. The molecule has 2 N–H and O–H groups in total. The Morgan fingerprint density at radius 1 is 1.20 bits per heavy atom. The van der Waals surface area contributed by atoms with Crippen molar-refractivity contribution >= 4 is 28.3 Å². The summed E-state index contributed by atoms with van der Waals surface area (Å²) in [6.07, 6.45) is 8.78. The second-order valence-corrected chi connectivity index (χ2v) is 6.75. The Morgan fingerprint density at radius 3 is 2.88 bits per heavy atom. The molecular weight excluding hydrogens is 340 g/mol. The molecule has 0 bridgehead atoms. The van der Waals surface area contributed by atoms with Gasteiger partial charge in [0, 0.05) is 36.6 Å². The number of aromatic nitrogens is 3. The summed E-state index contributed by atoms with van der Waals surface area (Å²) in [5.74, 6) is -0.259. The zero-order chi connectivity index (χ0) is 17.5. The molecular formula is C16H20N6O2S. The predicted molar refractivity (Wildman–Crippen MR) is 94.3 cm³/mol. The van der Waals surface area contributed by atoms with Gasteiger partial charge in [-0.3, -0.25) is 19.5 Å². The van der Waals surface area contributed by atoms with Gasteiger partial charge in [-0.15, -0.1) is 11.3 Å². The molecule has 3 heterocycles. The Labute approximate surface area is 149 Å². The lowest BCUT2D eigenvalue weighted by atomic mass is 10.1. The fourth-order valence-corrected chi connectivity index (χ4v) is 3.33. The summed E-state index contributed by atoms with van der Waals surface area (Å²) in [6.45, 7) is 1.93. The van der Waals surface area contributed by atoms with E-state index in [1.165, 1.54) is 29.9 Å². The highest BCUT2D eigenvalue weighted by Crippen LogP contribution is 2.13. The van der Waals surface area contributed by atoms with Crippen LogP contribution in [0.5, 0.6) is 0 Å². The largest absolute Gasteiger partial charge is 0.348 e. The molecule has 0 saturated carbocycles. The number of likely N-dealkylation sites (tertiary alicyclic amines) is 1. The van der Waals surface area contributed by atoms with Crippen molar-refractivity contribution in [2.75, 3.05) is 25.0 Å². The summed E-state index contributed by atoms with van der Waals surface area (Å²) in [6, 6.07) is 0.0847. The smallest absolute Gasteiger partial charge is 0.271 e. The van der Waals surface area contributed by atoms with Gasteiger partial charge in [0.2, 0.25) is 5.91 Å². The maximum atomic E-state index is 12.2. The van der Waals surface area contributed by atoms with Crippen LogP contribution in [-0.4, -0.2) is 57.3 Å². The Morgan fingerprint density at radius 2 is 2.12 bits per heavy atom. The monoisotopic (exact) mass is 360 g/mol. The van der Waals surface area contributed by atoms with Crippen molar-refractivity contribution in [2.24, 2.45) is 0 Å². The summed E-state index contributed by atoms with van der Waals surface area (Å²) >= 11 is 1.40. The van der Waals surface area contributed by atoms with Gasteiger partial charge in [0.1, 0.15) is 5.69 Å². The van der Waals surface area contributed by atoms with E-state index in [0.29, 0.717) is 17.4 Å². The highest BCUT2D eigenvalue weighted by molar-refractivity contribution is 7.13. The molecule has 9 heteroatoms. The summed E-state index contributed by atoms with van der Waals surface area (Å²) < 4.78 is 0. The number of nitrogens with zero attached hydrogens (tertiary/aromatic N) is 4. The molecule has 132 valence electrons. The van der Waals surface area contributed by atoms with Crippen LogP contribution in [0, 0.1) is 0 Å². The number of rotatable bonds is 5. The average molecular weight is 360 g/mol. The zero-order valence-corrected chi connectivity index (χ0v) is 14.5. The molecule has 1 aliphatic heterocycles. The van der Waals surface area contributed by atoms with E-state index in [1.807, 2.05) is 5.38 Å². The maximum absolute atomic E-state index is 12.2. The third kappa shape index (κ3) is 5.30. The van der Waals surface area contributed by atoms with Crippen LogP contribution in [0.25, 0.3) is 0 Å². The molecule has 2 aromatic rings. The van der Waals surface area contributed by atoms with E-state index in [4.69, 9.17) is 0 Å². The molecule has 1 fully saturated rings. The number of nitrogens with one attached hydrogen (secondary N) is 2. The topological polar surface area (TPSA) is 100 Å². The van der Waals surface area contributed by atoms with Crippen LogP contribution >= 0.6 is 11.3 Å². The van der Waals surface area contributed by atoms with Crippen LogP contribution in [0.15, 0.2) is 30.2 Å². The van der Waals surface area contributed by atoms with Crippen molar-refractivity contribution in [1.82, 2.24) is 25.2 Å². The van der Waals surface area contributed by atoms with Crippen LogP contribution in [0.4, 0.5) is 5.13 Å². The SMILES string of the molecule is O=C(CN1CCC[C@@H](NC(=O)c2cnccn2)CC1)Nc1nccs1. The molecule has 25 heavy (non-hydrogen) atoms. The first-order valence-corrected chi connectivity index (χ1v) is 9.07. The van der Waals surface area contributed by atoms with E-state index in [0.717, 1.165) is 32.4 Å². The lowest BCUT2D eigenvalue weighted by Gasteiger charge is -2.19. The third-order valence-corrected chi connectivity index (χ3v) is 4.69.